The molecule has 1 aromatic carbocycles. The van der Waals surface area contributed by atoms with Crippen molar-refractivity contribution in [2.45, 2.75) is 45.7 Å². The molecule has 1 nitrogen and oxygen atoms in total. The van der Waals surface area contributed by atoms with E-state index in [-0.39, 0.29) is 23.1 Å². The highest BCUT2D eigenvalue weighted by atomic mass is 19.4. The molecule has 18 heavy (non-hydrogen) atoms. The van der Waals surface area contributed by atoms with Crippen molar-refractivity contribution in [1.82, 2.24) is 0 Å². The minimum absolute atomic E-state index is 0.0118. The van der Waals surface area contributed by atoms with Crippen LogP contribution in [0.3, 0.4) is 0 Å². The fourth-order valence-electron chi connectivity index (χ4n) is 2.06. The van der Waals surface area contributed by atoms with Crippen LogP contribution in [0.5, 0.6) is 5.75 Å². The monoisotopic (exact) mass is 260 g/mol. The summed E-state index contributed by atoms with van der Waals surface area (Å²) >= 11 is 0. The first-order valence-electron chi connectivity index (χ1n) is 5.98. The van der Waals surface area contributed by atoms with Crippen LogP contribution >= 0.6 is 0 Å². The van der Waals surface area contributed by atoms with Gasteiger partial charge in [0.2, 0.25) is 0 Å². The van der Waals surface area contributed by atoms with Crippen molar-refractivity contribution < 1.29 is 17.9 Å². The van der Waals surface area contributed by atoms with E-state index in [0.29, 0.717) is 5.56 Å². The molecule has 0 amide bonds. The van der Waals surface area contributed by atoms with Crippen LogP contribution in [-0.2, 0) is 6.18 Å². The number of methoxy groups -OCH3 is 1. The third kappa shape index (κ3) is 2.79. The summed E-state index contributed by atoms with van der Waals surface area (Å²) < 4.78 is 44.7. The van der Waals surface area contributed by atoms with Crippen molar-refractivity contribution in [2.75, 3.05) is 7.11 Å². The van der Waals surface area contributed by atoms with Crippen molar-refractivity contribution in [3.8, 4) is 5.75 Å². The van der Waals surface area contributed by atoms with Crippen LogP contribution in [0, 0.1) is 0 Å². The molecule has 0 aliphatic rings. The zero-order valence-electron chi connectivity index (χ0n) is 11.4. The third-order valence-electron chi connectivity index (χ3n) is 2.95. The first kappa shape index (κ1) is 14.9. The van der Waals surface area contributed by atoms with Crippen LogP contribution in [0.25, 0.3) is 0 Å². The molecule has 0 saturated heterocycles. The maximum atomic E-state index is 13.2. The normalized spacial score (nSPS) is 12.3. The highest BCUT2D eigenvalue weighted by molar-refractivity contribution is 5.50. The molecule has 0 aliphatic heterocycles. The molecule has 0 fully saturated rings. The quantitative estimate of drug-likeness (QED) is 0.746. The first-order chi connectivity index (χ1) is 8.20. The van der Waals surface area contributed by atoms with E-state index in [2.05, 4.69) is 0 Å². The molecule has 4 heteroatoms. The third-order valence-corrected chi connectivity index (χ3v) is 2.95. The molecule has 0 heterocycles. The number of rotatable bonds is 3. The molecule has 0 radical (unpaired) electrons. The maximum absolute atomic E-state index is 13.2. The Labute approximate surface area is 106 Å². The zero-order valence-corrected chi connectivity index (χ0v) is 11.4. The predicted molar refractivity (Wildman–Crippen MR) is 66.2 cm³/mol. The topological polar surface area (TPSA) is 9.23 Å². The van der Waals surface area contributed by atoms with Gasteiger partial charge in [0.1, 0.15) is 11.3 Å². The Hall–Kier alpha value is -1.19. The zero-order chi connectivity index (χ0) is 14.1. The number of hydrogen-bond donors (Lipinski definition) is 0. The fraction of sp³-hybridized carbons (Fsp3) is 0.571. The standard InChI is InChI=1S/C14H19F3O/c1-8(2)10-6-7-11(9(3)4)13(18-5)12(10)14(15,16)17/h6-9H,1-5H3. The summed E-state index contributed by atoms with van der Waals surface area (Å²) in [6.45, 7) is 7.21. The lowest BCUT2D eigenvalue weighted by atomic mass is 9.90. The maximum Gasteiger partial charge on any atom is 0.420 e. The Morgan fingerprint density at radius 2 is 1.39 bits per heavy atom. The van der Waals surface area contributed by atoms with Gasteiger partial charge in [-0.3, -0.25) is 0 Å². The van der Waals surface area contributed by atoms with Crippen LogP contribution in [0.1, 0.15) is 56.2 Å². The van der Waals surface area contributed by atoms with Crippen molar-refractivity contribution in [3.05, 3.63) is 28.8 Å². The summed E-state index contributed by atoms with van der Waals surface area (Å²) in [6, 6.07) is 3.29. The Bertz CT molecular complexity index is 420. The van der Waals surface area contributed by atoms with Gasteiger partial charge in [0.25, 0.3) is 0 Å². The molecule has 0 aromatic heterocycles. The van der Waals surface area contributed by atoms with E-state index in [9.17, 15) is 13.2 Å². The average molecular weight is 260 g/mol. The van der Waals surface area contributed by atoms with Crippen molar-refractivity contribution in [1.29, 1.82) is 0 Å². The van der Waals surface area contributed by atoms with Crippen molar-refractivity contribution in [2.24, 2.45) is 0 Å². The number of halogens is 3. The lowest BCUT2D eigenvalue weighted by Gasteiger charge is -2.22. The van der Waals surface area contributed by atoms with Gasteiger partial charge in [0, 0.05) is 0 Å². The van der Waals surface area contributed by atoms with Crippen LogP contribution in [-0.4, -0.2) is 7.11 Å². The number of alkyl halides is 3. The largest absolute Gasteiger partial charge is 0.496 e. The molecule has 1 aromatic rings. The number of hydrogen-bond acceptors (Lipinski definition) is 1. The van der Waals surface area contributed by atoms with E-state index >= 15 is 0 Å². The van der Waals surface area contributed by atoms with Crippen LogP contribution in [0.2, 0.25) is 0 Å². The summed E-state index contributed by atoms with van der Waals surface area (Å²) in [7, 11) is 1.29. The Balaban J connectivity index is 3.62. The predicted octanol–water partition coefficient (Wildman–Crippen LogP) is 4.96. The Morgan fingerprint density at radius 1 is 0.944 bits per heavy atom. The van der Waals surface area contributed by atoms with Crippen LogP contribution in [0.4, 0.5) is 13.2 Å². The second-order valence-electron chi connectivity index (χ2n) is 4.96. The second-order valence-corrected chi connectivity index (χ2v) is 4.96. The highest BCUT2D eigenvalue weighted by Crippen LogP contribution is 2.44. The van der Waals surface area contributed by atoms with Gasteiger partial charge in [-0.15, -0.1) is 0 Å². The molecule has 0 aliphatic carbocycles. The van der Waals surface area contributed by atoms with E-state index in [0.717, 1.165) is 0 Å². The van der Waals surface area contributed by atoms with Crippen LogP contribution in [0.15, 0.2) is 12.1 Å². The van der Waals surface area contributed by atoms with Gasteiger partial charge in [0.15, 0.2) is 0 Å². The molecular weight excluding hydrogens is 241 g/mol. The number of ether oxygens (including phenoxy) is 1. The smallest absolute Gasteiger partial charge is 0.420 e. The summed E-state index contributed by atoms with van der Waals surface area (Å²) in [5.74, 6) is -0.248. The van der Waals surface area contributed by atoms with Gasteiger partial charge < -0.3 is 4.74 Å². The first-order valence-corrected chi connectivity index (χ1v) is 5.98. The summed E-state index contributed by atoms with van der Waals surface area (Å²) in [4.78, 5) is 0. The highest BCUT2D eigenvalue weighted by Gasteiger charge is 2.38. The molecule has 0 unspecified atom stereocenters. The molecule has 0 bridgehead atoms. The van der Waals surface area contributed by atoms with Crippen LogP contribution < -0.4 is 4.74 Å². The van der Waals surface area contributed by atoms with E-state index in [1.165, 1.54) is 7.11 Å². The van der Waals surface area contributed by atoms with Gasteiger partial charge in [-0.25, -0.2) is 0 Å². The summed E-state index contributed by atoms with van der Waals surface area (Å²) in [5, 5.41) is 0. The summed E-state index contributed by atoms with van der Waals surface area (Å²) in [5.41, 5.74) is 0.240. The van der Waals surface area contributed by atoms with Crippen molar-refractivity contribution >= 4 is 0 Å². The molecule has 0 N–H and O–H groups in total. The molecule has 0 spiro atoms. The lowest BCUT2D eigenvalue weighted by molar-refractivity contribution is -0.139. The Morgan fingerprint density at radius 3 is 1.72 bits per heavy atom. The molecule has 1 rings (SSSR count). The van der Waals surface area contributed by atoms with E-state index < -0.39 is 11.7 Å². The van der Waals surface area contributed by atoms with E-state index in [1.807, 2.05) is 13.8 Å². The van der Waals surface area contributed by atoms with Gasteiger partial charge in [-0.2, -0.15) is 13.2 Å². The number of benzene rings is 1. The van der Waals surface area contributed by atoms with Gasteiger partial charge in [-0.05, 0) is 23.0 Å². The van der Waals surface area contributed by atoms with Gasteiger partial charge >= 0.3 is 6.18 Å². The summed E-state index contributed by atoms with van der Waals surface area (Å²) in [6.07, 6.45) is -4.39. The second kappa shape index (κ2) is 5.21. The Kier molecular flexibility index (Phi) is 4.30. The lowest BCUT2D eigenvalue weighted by Crippen LogP contribution is -2.14. The SMILES string of the molecule is COc1c(C(C)C)ccc(C(C)C)c1C(F)(F)F. The molecular formula is C14H19F3O. The van der Waals surface area contributed by atoms with Gasteiger partial charge in [0.05, 0.1) is 7.11 Å². The van der Waals surface area contributed by atoms with Crippen molar-refractivity contribution in [3.63, 3.8) is 0 Å². The minimum atomic E-state index is -4.39. The molecule has 102 valence electrons. The van der Waals surface area contributed by atoms with E-state index in [4.69, 9.17) is 4.74 Å². The fourth-order valence-corrected chi connectivity index (χ4v) is 2.06. The molecule has 0 atom stereocenters. The average Bonchev–Trinajstić information content (AvgIpc) is 2.25. The van der Waals surface area contributed by atoms with E-state index in [1.54, 1.807) is 26.0 Å². The van der Waals surface area contributed by atoms with Gasteiger partial charge in [-0.1, -0.05) is 39.8 Å². The molecule has 0 saturated carbocycles. The minimum Gasteiger partial charge on any atom is -0.496 e.